The highest BCUT2D eigenvalue weighted by molar-refractivity contribution is 6.89. The molecule has 1 aromatic heterocycles. The Kier molecular flexibility index (Phi) is 2.97. The Labute approximate surface area is 106 Å². The highest BCUT2D eigenvalue weighted by atomic mass is 35.5. The highest BCUT2D eigenvalue weighted by Gasteiger charge is 2.33. The molecule has 90 valence electrons. The van der Waals surface area contributed by atoms with Crippen molar-refractivity contribution in [3.8, 4) is 5.69 Å². The van der Waals surface area contributed by atoms with Crippen molar-refractivity contribution >= 4 is 25.0 Å². The molecule has 0 bridgehead atoms. The fourth-order valence-electron chi connectivity index (χ4n) is 1.53. The van der Waals surface area contributed by atoms with Crippen LogP contribution in [-0.2, 0) is 0 Å². The van der Waals surface area contributed by atoms with E-state index in [2.05, 4.69) is 24.7 Å². The van der Waals surface area contributed by atoms with Gasteiger partial charge in [0.1, 0.15) is 13.8 Å². The van der Waals surface area contributed by atoms with E-state index in [4.69, 9.17) is 11.6 Å². The minimum atomic E-state index is -1.71. The van der Waals surface area contributed by atoms with Crippen LogP contribution in [0.5, 0.6) is 0 Å². The Bertz CT molecular complexity index is 534. The number of hydrogen-bond acceptors (Lipinski definition) is 2. The summed E-state index contributed by atoms with van der Waals surface area (Å²) in [6.45, 7) is 6.32. The molecular formula is C11H14ClN3OSi. The molecule has 0 aliphatic heterocycles. The molecule has 0 fully saturated rings. The normalized spacial score (nSPS) is 11.8. The van der Waals surface area contributed by atoms with Crippen LogP contribution in [0.2, 0.25) is 24.8 Å². The van der Waals surface area contributed by atoms with E-state index in [1.165, 1.54) is 4.80 Å². The molecule has 0 radical (unpaired) electrons. The van der Waals surface area contributed by atoms with Crippen molar-refractivity contribution in [1.82, 2.24) is 9.90 Å². The van der Waals surface area contributed by atoms with E-state index in [1.54, 1.807) is 0 Å². The van der Waals surface area contributed by atoms with Crippen LogP contribution in [-0.4, -0.2) is 18.0 Å². The molecule has 2 rings (SSSR count). The molecule has 4 nitrogen and oxygen atoms in total. The summed E-state index contributed by atoms with van der Waals surface area (Å²) in [5, 5.41) is 17.2. The lowest BCUT2D eigenvalue weighted by Crippen LogP contribution is -2.42. The maximum Gasteiger partial charge on any atom is 0.262 e. The van der Waals surface area contributed by atoms with Crippen LogP contribution in [0.3, 0.4) is 0 Å². The molecular weight excluding hydrogens is 254 g/mol. The van der Waals surface area contributed by atoms with Crippen LogP contribution in [0.4, 0.5) is 0 Å². The second kappa shape index (κ2) is 4.16. The lowest BCUT2D eigenvalue weighted by Gasteiger charge is -2.06. The number of hydrogen-bond donors (Lipinski definition) is 0. The van der Waals surface area contributed by atoms with Gasteiger partial charge in [0, 0.05) is 5.10 Å². The summed E-state index contributed by atoms with van der Waals surface area (Å²) in [5.41, 5.74) is 0.717. The molecule has 0 unspecified atom stereocenters. The van der Waals surface area contributed by atoms with Gasteiger partial charge in [0.25, 0.3) is 5.15 Å². The Hall–Kier alpha value is -1.33. The zero-order valence-electron chi connectivity index (χ0n) is 10.0. The number of nitrogens with zero attached hydrogens (tertiary/aromatic N) is 3. The van der Waals surface area contributed by atoms with Gasteiger partial charge in [0.05, 0.1) is 0 Å². The van der Waals surface area contributed by atoms with Gasteiger partial charge in [-0.05, 0) is 28.5 Å². The lowest BCUT2D eigenvalue weighted by molar-refractivity contribution is -0.686. The van der Waals surface area contributed by atoms with E-state index >= 15 is 0 Å². The molecule has 0 N–H and O–H groups in total. The van der Waals surface area contributed by atoms with E-state index in [9.17, 15) is 5.21 Å². The van der Waals surface area contributed by atoms with Gasteiger partial charge < -0.3 is 5.21 Å². The van der Waals surface area contributed by atoms with Crippen LogP contribution in [0.15, 0.2) is 30.3 Å². The maximum absolute atomic E-state index is 11.9. The molecule has 0 aliphatic carbocycles. The molecule has 0 amide bonds. The number of rotatable bonds is 2. The van der Waals surface area contributed by atoms with Crippen molar-refractivity contribution in [1.29, 1.82) is 0 Å². The van der Waals surface area contributed by atoms with E-state index in [0.29, 0.717) is 10.5 Å². The minimum Gasteiger partial charge on any atom is -0.691 e. The second-order valence-electron chi connectivity index (χ2n) is 4.89. The molecule has 0 saturated carbocycles. The average molecular weight is 268 g/mol. The summed E-state index contributed by atoms with van der Waals surface area (Å²) in [6.07, 6.45) is 0. The molecule has 0 atom stereocenters. The minimum absolute atomic E-state index is 0.188. The molecule has 1 heterocycles. The molecule has 2 aromatic rings. The predicted octanol–water partition coefficient (Wildman–Crippen LogP) is 1.70. The van der Waals surface area contributed by atoms with Gasteiger partial charge >= 0.3 is 0 Å². The first-order valence-electron chi connectivity index (χ1n) is 5.35. The number of benzene rings is 1. The van der Waals surface area contributed by atoms with Crippen LogP contribution in [0.1, 0.15) is 0 Å². The summed E-state index contributed by atoms with van der Waals surface area (Å²) in [5.74, 6) is 0. The zero-order valence-corrected chi connectivity index (χ0v) is 11.8. The maximum atomic E-state index is 11.9. The highest BCUT2D eigenvalue weighted by Crippen LogP contribution is 2.09. The molecule has 0 saturated heterocycles. The number of halogens is 1. The smallest absolute Gasteiger partial charge is 0.262 e. The Morgan fingerprint density at radius 3 is 2.29 bits per heavy atom. The topological polar surface area (TPSA) is 44.8 Å². The van der Waals surface area contributed by atoms with Crippen LogP contribution in [0.25, 0.3) is 5.69 Å². The third-order valence-electron chi connectivity index (χ3n) is 2.43. The standard InChI is InChI=1S/C11H14ClN3OSi/c1-17(2,3)11-10(12)15(16)14(13-11)9-7-5-4-6-8-9/h4-8H,1-3H3. The zero-order chi connectivity index (χ0) is 12.6. The summed E-state index contributed by atoms with van der Waals surface area (Å²) in [6, 6.07) is 9.26. The van der Waals surface area contributed by atoms with Crippen molar-refractivity contribution in [2.24, 2.45) is 0 Å². The summed E-state index contributed by atoms with van der Waals surface area (Å²) in [4.78, 5) is 1.94. The van der Waals surface area contributed by atoms with E-state index in [-0.39, 0.29) is 5.15 Å². The van der Waals surface area contributed by atoms with E-state index < -0.39 is 8.07 Å². The fourth-order valence-corrected chi connectivity index (χ4v) is 3.60. The first kappa shape index (κ1) is 12.1. The van der Waals surface area contributed by atoms with Crippen LogP contribution < -0.4 is 10.2 Å². The van der Waals surface area contributed by atoms with Crippen LogP contribution >= 0.6 is 11.6 Å². The van der Waals surface area contributed by atoms with E-state index in [1.807, 2.05) is 30.3 Å². The van der Waals surface area contributed by atoms with Gasteiger partial charge in [-0.1, -0.05) is 37.8 Å². The Morgan fingerprint density at radius 2 is 1.82 bits per heavy atom. The summed E-state index contributed by atoms with van der Waals surface area (Å²) < 4.78 is 0. The van der Waals surface area contributed by atoms with Gasteiger partial charge in [-0.2, -0.15) is 0 Å². The predicted molar refractivity (Wildman–Crippen MR) is 70.5 cm³/mol. The van der Waals surface area contributed by atoms with Crippen LogP contribution in [0, 0.1) is 5.21 Å². The van der Waals surface area contributed by atoms with Crippen molar-refractivity contribution in [3.05, 3.63) is 40.7 Å². The van der Waals surface area contributed by atoms with Crippen molar-refractivity contribution in [2.75, 3.05) is 0 Å². The molecule has 0 spiro atoms. The fraction of sp³-hybridized carbons (Fsp3) is 0.273. The first-order valence-corrected chi connectivity index (χ1v) is 9.23. The Morgan fingerprint density at radius 1 is 1.24 bits per heavy atom. The SMILES string of the molecule is C[Si](C)(C)c1nn(-c2ccccc2)[n+]([O-])c1Cl. The number of aromatic nitrogens is 3. The molecule has 17 heavy (non-hydrogen) atoms. The lowest BCUT2D eigenvalue weighted by atomic mass is 10.3. The second-order valence-corrected chi connectivity index (χ2v) is 10.2. The third kappa shape index (κ3) is 2.21. The molecule has 6 heteroatoms. The van der Waals surface area contributed by atoms with Gasteiger partial charge in [0.2, 0.25) is 5.32 Å². The monoisotopic (exact) mass is 267 g/mol. The summed E-state index contributed by atoms with van der Waals surface area (Å²) >= 11 is 6.05. The number of para-hydroxylation sites is 1. The average Bonchev–Trinajstić information content (AvgIpc) is 2.57. The summed E-state index contributed by atoms with van der Waals surface area (Å²) in [7, 11) is -1.71. The first-order chi connectivity index (χ1) is 7.91. The van der Waals surface area contributed by atoms with Gasteiger partial charge in [-0.3, -0.25) is 0 Å². The molecule has 0 aliphatic rings. The molecule has 1 aromatic carbocycles. The van der Waals surface area contributed by atoms with Gasteiger partial charge in [-0.15, -0.1) is 4.85 Å². The van der Waals surface area contributed by atoms with Gasteiger partial charge in [-0.25, -0.2) is 0 Å². The van der Waals surface area contributed by atoms with Gasteiger partial charge in [0.15, 0.2) is 0 Å². The van der Waals surface area contributed by atoms with Crippen molar-refractivity contribution < 1.29 is 4.85 Å². The van der Waals surface area contributed by atoms with Crippen molar-refractivity contribution in [3.63, 3.8) is 0 Å². The third-order valence-corrected chi connectivity index (χ3v) is 4.67. The Balaban J connectivity index is 2.59. The largest absolute Gasteiger partial charge is 0.691 e. The van der Waals surface area contributed by atoms with E-state index in [0.717, 1.165) is 5.32 Å². The van der Waals surface area contributed by atoms with Crippen molar-refractivity contribution in [2.45, 2.75) is 19.6 Å². The quantitative estimate of drug-likeness (QED) is 0.472.